The van der Waals surface area contributed by atoms with E-state index < -0.39 is 11.8 Å². The zero-order valence-corrected chi connectivity index (χ0v) is 44.1. The number of aromatic hydroxyl groups is 4. The number of phenolic OH excluding ortho intramolecular Hbond substituents is 4. The van der Waals surface area contributed by atoms with Gasteiger partial charge < -0.3 is 20.4 Å². The first-order valence-electron chi connectivity index (χ1n) is 24.6. The van der Waals surface area contributed by atoms with Crippen molar-refractivity contribution in [2.24, 2.45) is 0 Å². The predicted molar refractivity (Wildman–Crippen MR) is 286 cm³/mol. The van der Waals surface area contributed by atoms with Crippen LogP contribution in [0.25, 0.3) is 20.2 Å². The minimum atomic E-state index is -0.518. The maximum Gasteiger partial charge on any atom is 0.123 e. The van der Waals surface area contributed by atoms with E-state index in [-0.39, 0.29) is 44.7 Å². The Labute approximate surface area is 405 Å². The van der Waals surface area contributed by atoms with Gasteiger partial charge in [-0.2, -0.15) is 0 Å². The zero-order valence-electron chi connectivity index (χ0n) is 43.3. The lowest BCUT2D eigenvalue weighted by atomic mass is 9.75. The van der Waals surface area contributed by atoms with E-state index in [1.54, 1.807) is 11.3 Å². The van der Waals surface area contributed by atoms with Crippen LogP contribution in [-0.2, 0) is 47.3 Å². The van der Waals surface area contributed by atoms with Crippen LogP contribution in [0.3, 0.4) is 0 Å². The van der Waals surface area contributed by atoms with Crippen molar-refractivity contribution in [1.29, 1.82) is 0 Å². The number of phenols is 4. The van der Waals surface area contributed by atoms with E-state index in [2.05, 4.69) is 196 Å². The Morgan fingerprint density at radius 1 is 0.358 bits per heavy atom. The fraction of sp³-hybridized carbons (Fsp3) is 0.419. The van der Waals surface area contributed by atoms with Gasteiger partial charge in [0, 0.05) is 54.3 Å². The molecule has 0 radical (unpaired) electrons. The number of hydrogen-bond acceptors (Lipinski definition) is 5. The fourth-order valence-electron chi connectivity index (χ4n) is 10.2. The van der Waals surface area contributed by atoms with Crippen LogP contribution in [0.2, 0.25) is 0 Å². The number of hydrogen-bond donors (Lipinski definition) is 4. The molecule has 0 amide bonds. The van der Waals surface area contributed by atoms with Crippen LogP contribution in [0, 0.1) is 0 Å². The molecule has 1 heterocycles. The van der Waals surface area contributed by atoms with Gasteiger partial charge in [0.05, 0.1) is 0 Å². The van der Waals surface area contributed by atoms with Crippen LogP contribution in [0.4, 0.5) is 0 Å². The Kier molecular flexibility index (Phi) is 13.3. The lowest BCUT2D eigenvalue weighted by molar-refractivity contribution is 0.430. The fourth-order valence-corrected chi connectivity index (χ4v) is 11.6. The molecule has 4 N–H and O–H groups in total. The van der Waals surface area contributed by atoms with Crippen molar-refractivity contribution >= 4 is 31.5 Å². The molecule has 5 heteroatoms. The van der Waals surface area contributed by atoms with Crippen molar-refractivity contribution < 1.29 is 20.4 Å². The maximum atomic E-state index is 12.6. The van der Waals surface area contributed by atoms with Gasteiger partial charge in [0.25, 0.3) is 0 Å². The number of aryl methyl sites for hydroxylation is 4. The standard InChI is InChI=1S/C62H76O4S/c1-17-35-27-43(53(63)47(31-35)59(5,6)7)51(44-28-36(18-2)32-48(54(44)64)60(8,9)10)41-25-21-23-39-40-24-22-26-42(58(40)67-57(39)41)52(45-29-37(19-3)33-49(55(45)65)61(11,12)13)46-30-38(20-4)34-50(56(46)66)62(14,15)16/h21-34,51-52,63-66H,17-20H2,1-16H3. The second-order valence-electron chi connectivity index (χ2n) is 23.2. The average Bonchev–Trinajstić information content (AvgIpc) is 3.64. The second kappa shape index (κ2) is 18.0. The molecule has 0 bridgehead atoms. The number of rotatable bonds is 10. The van der Waals surface area contributed by atoms with Crippen LogP contribution in [0.1, 0.15) is 201 Å². The molecule has 7 rings (SSSR count). The minimum absolute atomic E-state index is 0.258. The first-order chi connectivity index (χ1) is 31.2. The Bertz CT molecular complexity index is 2650. The molecule has 7 aromatic rings. The molecule has 0 aliphatic rings. The Morgan fingerprint density at radius 3 is 0.806 bits per heavy atom. The van der Waals surface area contributed by atoms with E-state index >= 15 is 0 Å². The van der Waals surface area contributed by atoms with Crippen molar-refractivity contribution in [3.63, 3.8) is 0 Å². The summed E-state index contributed by atoms with van der Waals surface area (Å²) in [6.07, 6.45) is 3.17. The van der Waals surface area contributed by atoms with Crippen molar-refractivity contribution in [3.8, 4) is 23.0 Å². The van der Waals surface area contributed by atoms with Gasteiger partial charge in [-0.15, -0.1) is 11.3 Å². The molecule has 0 atom stereocenters. The highest BCUT2D eigenvalue weighted by Crippen LogP contribution is 2.54. The molecule has 0 aliphatic heterocycles. The summed E-state index contributed by atoms with van der Waals surface area (Å²) in [6, 6.07) is 30.2. The molecule has 0 saturated carbocycles. The lowest BCUT2D eigenvalue weighted by Gasteiger charge is -2.30. The third kappa shape index (κ3) is 9.22. The van der Waals surface area contributed by atoms with Crippen LogP contribution >= 0.6 is 11.3 Å². The summed E-state index contributed by atoms with van der Waals surface area (Å²) in [7, 11) is 0. The highest BCUT2D eigenvalue weighted by atomic mass is 32.1. The van der Waals surface area contributed by atoms with E-state index in [0.29, 0.717) is 0 Å². The summed E-state index contributed by atoms with van der Waals surface area (Å²) in [5.74, 6) is -0.00269. The highest BCUT2D eigenvalue weighted by Gasteiger charge is 2.35. The lowest BCUT2D eigenvalue weighted by Crippen LogP contribution is -2.16. The maximum absolute atomic E-state index is 12.6. The van der Waals surface area contributed by atoms with Gasteiger partial charge in [0.15, 0.2) is 0 Å². The SMILES string of the molecule is CCc1cc(C(c2cc(CC)cc(C(C)(C)C)c2O)c2cccc3c2sc2c(C(c4cc(CC)cc(C(C)(C)C)c4O)c4cc(CC)cc(C(C)(C)C)c4O)cccc23)c(O)c(C(C)(C)C)c1. The highest BCUT2D eigenvalue weighted by molar-refractivity contribution is 7.26. The summed E-state index contributed by atoms with van der Waals surface area (Å²) < 4.78 is 2.13. The van der Waals surface area contributed by atoms with Crippen LogP contribution in [0.15, 0.2) is 84.9 Å². The molecule has 0 aliphatic carbocycles. The number of benzene rings is 6. The Hall–Kier alpha value is -5.26. The molecule has 0 fully saturated rings. The molecule has 0 unspecified atom stereocenters. The van der Waals surface area contributed by atoms with E-state index in [0.717, 1.165) is 124 Å². The van der Waals surface area contributed by atoms with Gasteiger partial charge in [0.2, 0.25) is 0 Å². The summed E-state index contributed by atoms with van der Waals surface area (Å²) in [5.41, 5.74) is 11.8. The normalized spacial score (nSPS) is 12.9. The van der Waals surface area contributed by atoms with Gasteiger partial charge in [-0.3, -0.25) is 0 Å². The van der Waals surface area contributed by atoms with E-state index in [1.807, 2.05) is 0 Å². The predicted octanol–water partition coefficient (Wildman–Crippen LogP) is 16.7. The smallest absolute Gasteiger partial charge is 0.123 e. The second-order valence-corrected chi connectivity index (χ2v) is 24.2. The topological polar surface area (TPSA) is 80.9 Å². The first-order valence-corrected chi connectivity index (χ1v) is 25.5. The summed E-state index contributed by atoms with van der Waals surface area (Å²) >= 11 is 1.73. The van der Waals surface area contributed by atoms with Gasteiger partial charge in [-0.1, -0.05) is 196 Å². The average molecular weight is 917 g/mol. The van der Waals surface area contributed by atoms with Crippen molar-refractivity contribution in [3.05, 3.63) is 163 Å². The van der Waals surface area contributed by atoms with Crippen molar-refractivity contribution in [1.82, 2.24) is 0 Å². The zero-order chi connectivity index (χ0) is 49.3. The molecular weight excluding hydrogens is 841 g/mol. The van der Waals surface area contributed by atoms with Crippen LogP contribution < -0.4 is 0 Å². The molecular formula is C62H76O4S. The van der Waals surface area contributed by atoms with Gasteiger partial charge in [0.1, 0.15) is 23.0 Å². The molecule has 4 nitrogen and oxygen atoms in total. The Morgan fingerprint density at radius 2 is 0.597 bits per heavy atom. The van der Waals surface area contributed by atoms with Gasteiger partial charge in [-0.05, 0) is 103 Å². The Balaban J connectivity index is 1.66. The molecule has 6 aromatic carbocycles. The van der Waals surface area contributed by atoms with Crippen molar-refractivity contribution in [2.75, 3.05) is 0 Å². The molecule has 354 valence electrons. The quantitative estimate of drug-likeness (QED) is 0.103. The molecule has 67 heavy (non-hydrogen) atoms. The van der Waals surface area contributed by atoms with E-state index in [1.165, 1.54) is 0 Å². The third-order valence-electron chi connectivity index (χ3n) is 14.1. The molecule has 0 saturated heterocycles. The van der Waals surface area contributed by atoms with Crippen LogP contribution in [0.5, 0.6) is 23.0 Å². The monoisotopic (exact) mass is 917 g/mol. The molecule has 1 aromatic heterocycles. The number of fused-ring (bicyclic) bond motifs is 3. The van der Waals surface area contributed by atoms with Gasteiger partial charge >= 0.3 is 0 Å². The van der Waals surface area contributed by atoms with E-state index in [9.17, 15) is 20.4 Å². The van der Waals surface area contributed by atoms with Gasteiger partial charge in [-0.25, -0.2) is 0 Å². The summed E-state index contributed by atoms with van der Waals surface area (Å²) in [5, 5.41) is 52.7. The van der Waals surface area contributed by atoms with E-state index in [4.69, 9.17) is 0 Å². The number of thiophene rings is 1. The van der Waals surface area contributed by atoms with Crippen molar-refractivity contribution in [2.45, 2.75) is 170 Å². The minimum Gasteiger partial charge on any atom is -0.507 e. The molecule has 0 spiro atoms. The third-order valence-corrected chi connectivity index (χ3v) is 15.4. The summed E-state index contributed by atoms with van der Waals surface area (Å²) in [4.78, 5) is 0. The summed E-state index contributed by atoms with van der Waals surface area (Å²) in [6.45, 7) is 34.4. The first kappa shape index (κ1) is 49.6. The largest absolute Gasteiger partial charge is 0.507 e. The van der Waals surface area contributed by atoms with Crippen LogP contribution in [-0.4, -0.2) is 20.4 Å².